The Hall–Kier alpha value is -2.79. The van der Waals surface area contributed by atoms with E-state index in [2.05, 4.69) is 0 Å². The fraction of sp³-hybridized carbons (Fsp3) is 0.190. The molecule has 26 heavy (non-hydrogen) atoms. The number of carbonyl (C=O) groups excluding carboxylic acids is 3. The molecule has 1 aromatic carbocycles. The molecule has 4 nitrogen and oxygen atoms in total. The van der Waals surface area contributed by atoms with Crippen LogP contribution in [-0.4, -0.2) is 28.8 Å². The van der Waals surface area contributed by atoms with Crippen molar-refractivity contribution in [1.29, 1.82) is 0 Å². The number of rotatable bonds is 8. The molecule has 5 heteroatoms. The van der Waals surface area contributed by atoms with E-state index in [4.69, 9.17) is 0 Å². The molecule has 0 atom stereocenters. The Morgan fingerprint density at radius 1 is 1.00 bits per heavy atom. The zero-order valence-electron chi connectivity index (χ0n) is 14.3. The summed E-state index contributed by atoms with van der Waals surface area (Å²) in [5, 5.41) is 1.86. The SMILES string of the molecule is O=C(CC(=O)C1=CN(CC(=O)c2cccs2)C=CC1)Cc1ccccc1. The standard InChI is InChI=1S/C21H19NO3S/c23-18(12-16-6-2-1-3-7-16)13-19(24)17-8-4-10-22(14-17)15-20(25)21-9-5-11-26-21/h1-7,9-11,14H,8,12-13,15H2. The molecule has 0 saturated heterocycles. The molecule has 2 heterocycles. The summed E-state index contributed by atoms with van der Waals surface area (Å²) in [4.78, 5) is 39.2. The molecule has 0 bridgehead atoms. The fourth-order valence-electron chi connectivity index (χ4n) is 2.75. The number of benzene rings is 1. The van der Waals surface area contributed by atoms with Crippen LogP contribution in [0, 0.1) is 0 Å². The van der Waals surface area contributed by atoms with Crippen LogP contribution in [0.4, 0.5) is 0 Å². The molecule has 132 valence electrons. The van der Waals surface area contributed by atoms with Crippen LogP contribution in [0.25, 0.3) is 0 Å². The van der Waals surface area contributed by atoms with Gasteiger partial charge in [0.2, 0.25) is 0 Å². The Balaban J connectivity index is 1.57. The summed E-state index contributed by atoms with van der Waals surface area (Å²) in [6.45, 7) is 0.186. The van der Waals surface area contributed by atoms with E-state index in [0.717, 1.165) is 5.56 Å². The van der Waals surface area contributed by atoms with Crippen LogP contribution in [0.5, 0.6) is 0 Å². The number of carbonyl (C=O) groups is 3. The van der Waals surface area contributed by atoms with Gasteiger partial charge in [0.1, 0.15) is 5.78 Å². The smallest absolute Gasteiger partial charge is 0.192 e. The summed E-state index contributed by atoms with van der Waals surface area (Å²) in [5.74, 6) is -0.267. The molecule has 1 aromatic heterocycles. The zero-order valence-corrected chi connectivity index (χ0v) is 15.1. The van der Waals surface area contributed by atoms with Gasteiger partial charge < -0.3 is 4.90 Å². The maximum absolute atomic E-state index is 12.4. The van der Waals surface area contributed by atoms with Gasteiger partial charge in [-0.1, -0.05) is 42.5 Å². The van der Waals surface area contributed by atoms with Crippen LogP contribution in [-0.2, 0) is 16.0 Å². The van der Waals surface area contributed by atoms with Crippen LogP contribution in [0.15, 0.2) is 71.9 Å². The first-order chi connectivity index (χ1) is 12.6. The quantitative estimate of drug-likeness (QED) is 0.527. The number of hydrogen-bond acceptors (Lipinski definition) is 5. The summed E-state index contributed by atoms with van der Waals surface area (Å²) in [7, 11) is 0. The van der Waals surface area contributed by atoms with E-state index in [-0.39, 0.29) is 36.7 Å². The van der Waals surface area contributed by atoms with E-state index >= 15 is 0 Å². The summed E-state index contributed by atoms with van der Waals surface area (Å²) >= 11 is 1.40. The molecule has 1 aliphatic rings. The molecular weight excluding hydrogens is 346 g/mol. The molecule has 0 fully saturated rings. The van der Waals surface area contributed by atoms with Crippen molar-refractivity contribution in [2.75, 3.05) is 6.54 Å². The van der Waals surface area contributed by atoms with Crippen LogP contribution < -0.4 is 0 Å². The highest BCUT2D eigenvalue weighted by Crippen LogP contribution is 2.17. The van der Waals surface area contributed by atoms with Crippen molar-refractivity contribution in [2.24, 2.45) is 0 Å². The third-order valence-electron chi connectivity index (χ3n) is 4.04. The number of ketones is 3. The Labute approximate surface area is 156 Å². The molecule has 0 saturated carbocycles. The first kappa shape index (κ1) is 18.0. The predicted octanol–water partition coefficient (Wildman–Crippen LogP) is 3.81. The van der Waals surface area contributed by atoms with Crippen LogP contribution in [0.3, 0.4) is 0 Å². The molecule has 0 aliphatic carbocycles. The number of allylic oxidation sites excluding steroid dienone is 2. The summed E-state index contributed by atoms with van der Waals surface area (Å²) in [5.41, 5.74) is 1.47. The second-order valence-corrected chi connectivity index (χ2v) is 7.06. The molecule has 2 aromatic rings. The van der Waals surface area contributed by atoms with E-state index in [9.17, 15) is 14.4 Å². The molecular formula is C21H19NO3S. The van der Waals surface area contributed by atoms with Crippen molar-refractivity contribution < 1.29 is 14.4 Å². The van der Waals surface area contributed by atoms with Gasteiger partial charge in [0.15, 0.2) is 11.6 Å². The first-order valence-corrected chi connectivity index (χ1v) is 9.28. The topological polar surface area (TPSA) is 54.5 Å². The van der Waals surface area contributed by atoms with Crippen molar-refractivity contribution in [3.8, 4) is 0 Å². The first-order valence-electron chi connectivity index (χ1n) is 8.40. The lowest BCUT2D eigenvalue weighted by molar-refractivity contribution is -0.124. The molecule has 3 rings (SSSR count). The van der Waals surface area contributed by atoms with Gasteiger partial charge in [0.05, 0.1) is 17.8 Å². The number of thiophene rings is 1. The third-order valence-corrected chi connectivity index (χ3v) is 4.95. The van der Waals surface area contributed by atoms with Gasteiger partial charge in [-0.25, -0.2) is 0 Å². The molecule has 0 spiro atoms. The van der Waals surface area contributed by atoms with E-state index < -0.39 is 0 Å². The van der Waals surface area contributed by atoms with Crippen molar-refractivity contribution in [3.05, 3.63) is 82.3 Å². The second kappa shape index (κ2) is 8.54. The van der Waals surface area contributed by atoms with Crippen LogP contribution in [0.1, 0.15) is 28.1 Å². The Kier molecular flexibility index (Phi) is 5.92. The lowest BCUT2D eigenvalue weighted by atomic mass is 9.99. The minimum atomic E-state index is -0.177. The maximum Gasteiger partial charge on any atom is 0.192 e. The molecule has 0 amide bonds. The zero-order chi connectivity index (χ0) is 18.4. The highest BCUT2D eigenvalue weighted by Gasteiger charge is 2.18. The van der Waals surface area contributed by atoms with Gasteiger partial charge in [-0.3, -0.25) is 14.4 Å². The average molecular weight is 365 g/mol. The van der Waals surface area contributed by atoms with Crippen molar-refractivity contribution >= 4 is 28.7 Å². The minimum Gasteiger partial charge on any atom is -0.346 e. The summed E-state index contributed by atoms with van der Waals surface area (Å²) in [6.07, 6.45) is 5.97. The summed E-state index contributed by atoms with van der Waals surface area (Å²) in [6, 6.07) is 13.0. The second-order valence-electron chi connectivity index (χ2n) is 6.12. The number of Topliss-reactive ketones (excluding diaryl/α,β-unsaturated/α-hetero) is 3. The lowest BCUT2D eigenvalue weighted by Gasteiger charge is -2.20. The van der Waals surface area contributed by atoms with Crippen LogP contribution in [0.2, 0.25) is 0 Å². The van der Waals surface area contributed by atoms with Crippen molar-refractivity contribution in [1.82, 2.24) is 4.90 Å². The molecule has 0 radical (unpaired) electrons. The number of hydrogen-bond donors (Lipinski definition) is 0. The van der Waals surface area contributed by atoms with Gasteiger partial charge >= 0.3 is 0 Å². The van der Waals surface area contributed by atoms with Gasteiger partial charge in [0.25, 0.3) is 0 Å². The third kappa shape index (κ3) is 4.86. The van der Waals surface area contributed by atoms with Crippen molar-refractivity contribution in [2.45, 2.75) is 19.3 Å². The molecule has 0 N–H and O–H groups in total. The van der Waals surface area contributed by atoms with Crippen molar-refractivity contribution in [3.63, 3.8) is 0 Å². The summed E-state index contributed by atoms with van der Waals surface area (Å²) < 4.78 is 0. The van der Waals surface area contributed by atoms with Gasteiger partial charge in [0, 0.05) is 24.4 Å². The monoisotopic (exact) mass is 365 g/mol. The highest BCUT2D eigenvalue weighted by atomic mass is 32.1. The van der Waals surface area contributed by atoms with Gasteiger partial charge in [-0.2, -0.15) is 0 Å². The predicted molar refractivity (Wildman–Crippen MR) is 102 cm³/mol. The Bertz CT molecular complexity index is 851. The molecule has 1 aliphatic heterocycles. The van der Waals surface area contributed by atoms with E-state index in [0.29, 0.717) is 16.9 Å². The van der Waals surface area contributed by atoms with Crippen LogP contribution >= 0.6 is 11.3 Å². The minimum absolute atomic E-state index is 0.00903. The maximum atomic E-state index is 12.4. The highest BCUT2D eigenvalue weighted by molar-refractivity contribution is 7.12. The normalized spacial score (nSPS) is 13.4. The van der Waals surface area contributed by atoms with Gasteiger partial charge in [-0.15, -0.1) is 11.3 Å². The van der Waals surface area contributed by atoms with E-state index in [1.807, 2.05) is 47.9 Å². The largest absolute Gasteiger partial charge is 0.346 e. The molecule has 0 unspecified atom stereocenters. The average Bonchev–Trinajstić information content (AvgIpc) is 3.17. The Morgan fingerprint density at radius 2 is 1.81 bits per heavy atom. The Morgan fingerprint density at radius 3 is 2.54 bits per heavy atom. The van der Waals surface area contributed by atoms with E-state index in [1.165, 1.54) is 11.3 Å². The number of nitrogens with zero attached hydrogens (tertiary/aromatic N) is 1. The lowest BCUT2D eigenvalue weighted by Crippen LogP contribution is -2.23. The van der Waals surface area contributed by atoms with E-state index in [1.54, 1.807) is 23.4 Å². The fourth-order valence-corrected chi connectivity index (χ4v) is 3.41. The van der Waals surface area contributed by atoms with Gasteiger partial charge in [-0.05, 0) is 23.4 Å².